The van der Waals surface area contributed by atoms with Crippen molar-refractivity contribution in [2.24, 2.45) is 11.8 Å². The molecule has 2 N–H and O–H groups in total. The molecule has 1 amide bonds. The second-order valence-electron chi connectivity index (χ2n) is 7.04. The fraction of sp³-hybridized carbons (Fsp3) is 0.882. The lowest BCUT2D eigenvalue weighted by Gasteiger charge is -2.31. The molecule has 21 heavy (non-hydrogen) atoms. The molecular formula is C17H29NO3. The Morgan fingerprint density at radius 1 is 1.19 bits per heavy atom. The van der Waals surface area contributed by atoms with Gasteiger partial charge in [-0.05, 0) is 31.6 Å². The summed E-state index contributed by atoms with van der Waals surface area (Å²) in [6, 6.07) is 0. The Bertz CT molecular complexity index is 368. The number of carbonyl (C=O) groups is 2. The van der Waals surface area contributed by atoms with Crippen LogP contribution in [0.3, 0.4) is 0 Å². The van der Waals surface area contributed by atoms with E-state index >= 15 is 0 Å². The summed E-state index contributed by atoms with van der Waals surface area (Å²) in [4.78, 5) is 23.7. The first-order valence-electron chi connectivity index (χ1n) is 8.58. The summed E-state index contributed by atoms with van der Waals surface area (Å²) in [5, 5.41) is 12.3. The third-order valence-electron chi connectivity index (χ3n) is 5.39. The first-order chi connectivity index (χ1) is 10.0. The molecule has 0 aromatic rings. The van der Waals surface area contributed by atoms with E-state index in [2.05, 4.69) is 12.2 Å². The molecule has 0 radical (unpaired) electrons. The molecule has 1 atom stereocenters. The van der Waals surface area contributed by atoms with Crippen LogP contribution in [0.25, 0.3) is 0 Å². The van der Waals surface area contributed by atoms with Crippen LogP contribution < -0.4 is 5.32 Å². The van der Waals surface area contributed by atoms with Crippen LogP contribution in [0.4, 0.5) is 0 Å². The lowest BCUT2D eigenvalue weighted by molar-refractivity contribution is -0.139. The van der Waals surface area contributed by atoms with E-state index in [9.17, 15) is 9.59 Å². The molecule has 0 aliphatic heterocycles. The molecule has 2 aliphatic rings. The summed E-state index contributed by atoms with van der Waals surface area (Å²) in [6.45, 7) is 2.07. The van der Waals surface area contributed by atoms with Gasteiger partial charge in [0.05, 0.1) is 12.0 Å². The summed E-state index contributed by atoms with van der Waals surface area (Å²) in [6.07, 6.45) is 10.7. The molecule has 0 aromatic carbocycles. The molecule has 0 saturated heterocycles. The van der Waals surface area contributed by atoms with Gasteiger partial charge in [0, 0.05) is 5.92 Å². The lowest BCUT2D eigenvalue weighted by Crippen LogP contribution is -2.50. The van der Waals surface area contributed by atoms with Gasteiger partial charge >= 0.3 is 5.97 Å². The van der Waals surface area contributed by atoms with Crippen molar-refractivity contribution < 1.29 is 14.7 Å². The minimum atomic E-state index is -0.805. The van der Waals surface area contributed by atoms with Gasteiger partial charge in [0.15, 0.2) is 0 Å². The van der Waals surface area contributed by atoms with Gasteiger partial charge in [-0.15, -0.1) is 0 Å². The van der Waals surface area contributed by atoms with Gasteiger partial charge in [-0.2, -0.15) is 0 Å². The average Bonchev–Trinajstić information content (AvgIpc) is 3.07. The van der Waals surface area contributed by atoms with Crippen molar-refractivity contribution in [2.45, 2.75) is 83.1 Å². The number of carbonyl (C=O) groups excluding carboxylic acids is 1. The van der Waals surface area contributed by atoms with E-state index in [1.807, 2.05) is 0 Å². The summed E-state index contributed by atoms with van der Waals surface area (Å²) in [5.74, 6) is 0.0349. The fourth-order valence-electron chi connectivity index (χ4n) is 4.16. The summed E-state index contributed by atoms with van der Waals surface area (Å²) < 4.78 is 0. The van der Waals surface area contributed by atoms with Gasteiger partial charge in [0.2, 0.25) is 5.91 Å². The Morgan fingerprint density at radius 3 is 2.33 bits per heavy atom. The molecule has 2 rings (SSSR count). The number of nitrogens with one attached hydrogen (secondary N) is 1. The molecule has 0 bridgehead atoms. The SMILES string of the molecule is CCC(CC1CCCC1)C(=O)NC1(CC(=O)O)CCCC1. The lowest BCUT2D eigenvalue weighted by atomic mass is 9.88. The monoisotopic (exact) mass is 295 g/mol. The summed E-state index contributed by atoms with van der Waals surface area (Å²) >= 11 is 0. The van der Waals surface area contributed by atoms with Crippen LogP contribution in [0.15, 0.2) is 0 Å². The van der Waals surface area contributed by atoms with Crippen molar-refractivity contribution in [3.63, 3.8) is 0 Å². The zero-order chi connectivity index (χ0) is 15.3. The van der Waals surface area contributed by atoms with E-state index in [-0.39, 0.29) is 18.2 Å². The van der Waals surface area contributed by atoms with E-state index in [0.29, 0.717) is 5.92 Å². The average molecular weight is 295 g/mol. The highest BCUT2D eigenvalue weighted by atomic mass is 16.4. The molecule has 4 heteroatoms. The van der Waals surface area contributed by atoms with Crippen LogP contribution in [0.5, 0.6) is 0 Å². The molecule has 0 spiro atoms. The molecule has 2 saturated carbocycles. The van der Waals surface area contributed by atoms with E-state index < -0.39 is 11.5 Å². The zero-order valence-electron chi connectivity index (χ0n) is 13.2. The van der Waals surface area contributed by atoms with Gasteiger partial charge in [-0.25, -0.2) is 0 Å². The smallest absolute Gasteiger partial charge is 0.305 e. The number of hydrogen-bond donors (Lipinski definition) is 2. The van der Waals surface area contributed by atoms with Gasteiger partial charge in [0.1, 0.15) is 0 Å². The van der Waals surface area contributed by atoms with Crippen LogP contribution >= 0.6 is 0 Å². The zero-order valence-corrected chi connectivity index (χ0v) is 13.2. The van der Waals surface area contributed by atoms with Gasteiger partial charge < -0.3 is 10.4 Å². The minimum absolute atomic E-state index is 0.0550. The number of rotatable bonds is 7. The predicted octanol–water partition coefficient (Wildman–Crippen LogP) is 3.50. The molecule has 120 valence electrons. The van der Waals surface area contributed by atoms with Crippen molar-refractivity contribution in [3.8, 4) is 0 Å². The van der Waals surface area contributed by atoms with E-state index in [1.165, 1.54) is 25.7 Å². The Morgan fingerprint density at radius 2 is 1.81 bits per heavy atom. The number of hydrogen-bond acceptors (Lipinski definition) is 2. The molecular weight excluding hydrogens is 266 g/mol. The highest BCUT2D eigenvalue weighted by molar-refractivity contribution is 5.80. The molecule has 2 aliphatic carbocycles. The van der Waals surface area contributed by atoms with Gasteiger partial charge in [-0.1, -0.05) is 45.4 Å². The molecule has 1 unspecified atom stereocenters. The standard InChI is InChI=1S/C17H29NO3/c1-2-14(11-13-7-3-4-8-13)16(21)18-17(12-15(19)20)9-5-6-10-17/h13-14H,2-12H2,1H3,(H,18,21)(H,19,20). The van der Waals surface area contributed by atoms with Crippen LogP contribution in [-0.2, 0) is 9.59 Å². The summed E-state index contributed by atoms with van der Waals surface area (Å²) in [5.41, 5.74) is -0.480. The maximum absolute atomic E-state index is 12.6. The van der Waals surface area contributed by atoms with Crippen molar-refractivity contribution in [2.75, 3.05) is 0 Å². The van der Waals surface area contributed by atoms with Crippen LogP contribution in [0.1, 0.15) is 77.6 Å². The third-order valence-corrected chi connectivity index (χ3v) is 5.39. The largest absolute Gasteiger partial charge is 0.481 e. The quantitative estimate of drug-likeness (QED) is 0.755. The number of carboxylic acids is 1. The number of amides is 1. The first-order valence-corrected chi connectivity index (χ1v) is 8.58. The molecule has 0 heterocycles. The molecule has 0 aromatic heterocycles. The van der Waals surface area contributed by atoms with Crippen LogP contribution in [0.2, 0.25) is 0 Å². The van der Waals surface area contributed by atoms with Crippen molar-refractivity contribution >= 4 is 11.9 Å². The first kappa shape index (κ1) is 16.3. The van der Waals surface area contributed by atoms with Crippen LogP contribution in [0, 0.1) is 11.8 Å². The van der Waals surface area contributed by atoms with Crippen molar-refractivity contribution in [1.82, 2.24) is 5.32 Å². The minimum Gasteiger partial charge on any atom is -0.481 e. The van der Waals surface area contributed by atoms with Gasteiger partial charge in [-0.3, -0.25) is 9.59 Å². The Hall–Kier alpha value is -1.06. The van der Waals surface area contributed by atoms with Gasteiger partial charge in [0.25, 0.3) is 0 Å². The van der Waals surface area contributed by atoms with E-state index in [4.69, 9.17) is 5.11 Å². The Labute approximate surface area is 127 Å². The predicted molar refractivity (Wildman–Crippen MR) is 82.0 cm³/mol. The van der Waals surface area contributed by atoms with Crippen molar-refractivity contribution in [3.05, 3.63) is 0 Å². The molecule has 4 nitrogen and oxygen atoms in total. The van der Waals surface area contributed by atoms with E-state index in [1.54, 1.807) is 0 Å². The maximum Gasteiger partial charge on any atom is 0.305 e. The normalized spacial score (nSPS) is 23.1. The Kier molecular flexibility index (Phi) is 5.65. The topological polar surface area (TPSA) is 66.4 Å². The van der Waals surface area contributed by atoms with Crippen LogP contribution in [-0.4, -0.2) is 22.5 Å². The highest BCUT2D eigenvalue weighted by Gasteiger charge is 2.38. The summed E-state index contributed by atoms with van der Waals surface area (Å²) in [7, 11) is 0. The second kappa shape index (κ2) is 7.28. The number of carboxylic acid groups (broad SMARTS) is 1. The Balaban J connectivity index is 1.94. The molecule has 2 fully saturated rings. The highest BCUT2D eigenvalue weighted by Crippen LogP contribution is 2.35. The fourth-order valence-corrected chi connectivity index (χ4v) is 4.16. The third kappa shape index (κ3) is 4.45. The second-order valence-corrected chi connectivity index (χ2v) is 7.04. The number of aliphatic carboxylic acids is 1. The van der Waals surface area contributed by atoms with Crippen molar-refractivity contribution in [1.29, 1.82) is 0 Å². The van der Waals surface area contributed by atoms with E-state index in [0.717, 1.165) is 38.5 Å². The maximum atomic E-state index is 12.6.